The fraction of sp³-hybridized carbons (Fsp3) is 0.529. The van der Waals surface area contributed by atoms with Gasteiger partial charge in [-0.3, -0.25) is 4.90 Å². The minimum absolute atomic E-state index is 0.108. The van der Waals surface area contributed by atoms with Crippen LogP contribution in [0.15, 0.2) is 24.3 Å². The average molecular weight is 305 g/mol. The number of aliphatic hydroxyl groups is 1. The van der Waals surface area contributed by atoms with Crippen LogP contribution in [0, 0.1) is 11.8 Å². The Morgan fingerprint density at radius 2 is 2.10 bits per heavy atom. The van der Waals surface area contributed by atoms with Crippen molar-refractivity contribution in [1.29, 1.82) is 0 Å². The summed E-state index contributed by atoms with van der Waals surface area (Å²) in [5, 5.41) is 8.65. The number of hydrogen-bond donors (Lipinski definition) is 1. The summed E-state index contributed by atoms with van der Waals surface area (Å²) in [5.41, 5.74) is 0.895. The molecule has 0 saturated carbocycles. The Bertz CT molecular complexity index is 502. The number of ether oxygens (including phenoxy) is 1. The van der Waals surface area contributed by atoms with Crippen LogP contribution in [-0.4, -0.2) is 53.4 Å². The normalized spacial score (nSPS) is 17.9. The molecule has 1 aromatic rings. The molecule has 21 heavy (non-hydrogen) atoms. The Hall–Kier alpha value is -1.15. The van der Waals surface area contributed by atoms with Crippen molar-refractivity contribution in [2.24, 2.45) is 0 Å². The first kappa shape index (κ1) is 16.2. The molecule has 0 unspecified atom stereocenters. The molecule has 0 bridgehead atoms. The van der Waals surface area contributed by atoms with Gasteiger partial charge in [0.25, 0.3) is 0 Å². The van der Waals surface area contributed by atoms with E-state index in [0.29, 0.717) is 11.4 Å². The molecule has 2 rings (SSSR count). The van der Waals surface area contributed by atoms with E-state index >= 15 is 0 Å². The zero-order valence-electron chi connectivity index (χ0n) is 12.8. The third-order valence-electron chi connectivity index (χ3n) is 3.35. The predicted octanol–water partition coefficient (Wildman–Crippen LogP) is 2.24. The predicted molar refractivity (Wildman–Crippen MR) is 88.9 cm³/mol. The van der Waals surface area contributed by atoms with E-state index in [2.05, 4.69) is 30.6 Å². The van der Waals surface area contributed by atoms with Crippen molar-refractivity contribution in [2.75, 3.05) is 38.6 Å². The Labute approximate surface area is 131 Å². The minimum Gasteiger partial charge on any atom is -0.492 e. The number of nitrogens with zero attached hydrogens (tertiary/aromatic N) is 1. The van der Waals surface area contributed by atoms with Crippen LogP contribution in [0.2, 0.25) is 0 Å². The summed E-state index contributed by atoms with van der Waals surface area (Å²) >= 11 is 2.05. The minimum atomic E-state index is -0.108. The molecule has 4 heteroatoms. The summed E-state index contributed by atoms with van der Waals surface area (Å²) in [4.78, 5) is 2.47. The van der Waals surface area contributed by atoms with Gasteiger partial charge in [-0.15, -0.1) is 0 Å². The van der Waals surface area contributed by atoms with Gasteiger partial charge in [0.05, 0.1) is 0 Å². The van der Waals surface area contributed by atoms with Crippen LogP contribution in [0.1, 0.15) is 19.4 Å². The molecule has 0 aromatic heterocycles. The van der Waals surface area contributed by atoms with Gasteiger partial charge < -0.3 is 9.84 Å². The zero-order chi connectivity index (χ0) is 15.1. The Kier molecular flexibility index (Phi) is 5.98. The van der Waals surface area contributed by atoms with Crippen molar-refractivity contribution in [3.05, 3.63) is 29.8 Å². The highest BCUT2D eigenvalue weighted by molar-refractivity contribution is 8.00. The van der Waals surface area contributed by atoms with Crippen LogP contribution in [0.3, 0.4) is 0 Å². The number of aliphatic hydroxyl groups excluding tert-OH is 1. The lowest BCUT2D eigenvalue weighted by atomic mass is 10.2. The third-order valence-corrected chi connectivity index (χ3v) is 4.64. The zero-order valence-corrected chi connectivity index (χ0v) is 13.6. The van der Waals surface area contributed by atoms with E-state index in [1.165, 1.54) is 5.75 Å². The SMILES string of the molecule is CC1(C)CN(CCOc2ccc(C#CCO)cc2)CCS1. The van der Waals surface area contributed by atoms with Crippen molar-refractivity contribution < 1.29 is 9.84 Å². The van der Waals surface area contributed by atoms with Gasteiger partial charge in [-0.2, -0.15) is 11.8 Å². The highest BCUT2D eigenvalue weighted by Gasteiger charge is 2.26. The van der Waals surface area contributed by atoms with E-state index < -0.39 is 0 Å². The van der Waals surface area contributed by atoms with E-state index in [1.54, 1.807) is 0 Å². The maximum atomic E-state index is 8.65. The molecule has 0 atom stereocenters. The largest absolute Gasteiger partial charge is 0.492 e. The van der Waals surface area contributed by atoms with Gasteiger partial charge in [0.2, 0.25) is 0 Å². The van der Waals surface area contributed by atoms with E-state index in [0.717, 1.165) is 30.9 Å². The van der Waals surface area contributed by atoms with Crippen molar-refractivity contribution in [3.8, 4) is 17.6 Å². The second-order valence-electron chi connectivity index (χ2n) is 5.72. The molecular weight excluding hydrogens is 282 g/mol. The monoisotopic (exact) mass is 305 g/mol. The molecule has 0 radical (unpaired) electrons. The summed E-state index contributed by atoms with van der Waals surface area (Å²) in [7, 11) is 0. The molecule has 1 aliphatic heterocycles. The van der Waals surface area contributed by atoms with Gasteiger partial charge in [-0.05, 0) is 38.1 Å². The number of thioether (sulfide) groups is 1. The topological polar surface area (TPSA) is 32.7 Å². The third kappa shape index (κ3) is 5.62. The molecule has 0 aliphatic carbocycles. The molecule has 0 amide bonds. The highest BCUT2D eigenvalue weighted by Crippen LogP contribution is 2.29. The molecule has 1 aromatic carbocycles. The van der Waals surface area contributed by atoms with Crippen LogP contribution in [0.4, 0.5) is 0 Å². The maximum absolute atomic E-state index is 8.65. The number of benzene rings is 1. The molecule has 1 heterocycles. The smallest absolute Gasteiger partial charge is 0.119 e. The summed E-state index contributed by atoms with van der Waals surface area (Å²) in [6.07, 6.45) is 0. The number of rotatable bonds is 4. The highest BCUT2D eigenvalue weighted by atomic mass is 32.2. The molecule has 1 N–H and O–H groups in total. The summed E-state index contributed by atoms with van der Waals surface area (Å²) in [6.45, 7) is 8.44. The van der Waals surface area contributed by atoms with Crippen molar-refractivity contribution in [3.63, 3.8) is 0 Å². The summed E-state index contributed by atoms with van der Waals surface area (Å²) < 4.78 is 6.14. The molecule has 1 aliphatic rings. The van der Waals surface area contributed by atoms with Gasteiger partial charge in [-0.25, -0.2) is 0 Å². The fourth-order valence-corrected chi connectivity index (χ4v) is 3.55. The maximum Gasteiger partial charge on any atom is 0.119 e. The quantitative estimate of drug-likeness (QED) is 0.865. The molecular formula is C17H23NO2S. The van der Waals surface area contributed by atoms with Crippen molar-refractivity contribution in [1.82, 2.24) is 4.90 Å². The summed E-state index contributed by atoms with van der Waals surface area (Å²) in [5.74, 6) is 7.58. The lowest BCUT2D eigenvalue weighted by Gasteiger charge is -2.37. The van der Waals surface area contributed by atoms with Crippen LogP contribution >= 0.6 is 11.8 Å². The van der Waals surface area contributed by atoms with Crippen LogP contribution in [0.5, 0.6) is 5.75 Å². The second-order valence-corrected chi connectivity index (χ2v) is 7.52. The lowest BCUT2D eigenvalue weighted by molar-refractivity contribution is 0.202. The standard InChI is InChI=1S/C17H23NO2S/c1-17(2)14-18(10-13-21-17)9-12-20-16-7-5-15(6-8-16)4-3-11-19/h5-8,19H,9-14H2,1-2H3. The second kappa shape index (κ2) is 7.74. The first-order valence-electron chi connectivity index (χ1n) is 7.28. The first-order chi connectivity index (χ1) is 10.1. The number of hydrogen-bond acceptors (Lipinski definition) is 4. The van der Waals surface area contributed by atoms with Crippen molar-refractivity contribution >= 4 is 11.8 Å². The van der Waals surface area contributed by atoms with E-state index in [9.17, 15) is 0 Å². The van der Waals surface area contributed by atoms with E-state index in [4.69, 9.17) is 9.84 Å². The molecule has 3 nitrogen and oxygen atoms in total. The average Bonchev–Trinajstić information content (AvgIpc) is 2.45. The van der Waals surface area contributed by atoms with Gasteiger partial charge in [0, 0.05) is 35.7 Å². The Balaban J connectivity index is 1.75. The van der Waals surface area contributed by atoms with Crippen molar-refractivity contribution in [2.45, 2.75) is 18.6 Å². The van der Waals surface area contributed by atoms with Crippen LogP contribution < -0.4 is 4.74 Å². The van der Waals surface area contributed by atoms with Gasteiger partial charge in [0.15, 0.2) is 0 Å². The molecule has 1 fully saturated rings. The van der Waals surface area contributed by atoms with Gasteiger partial charge in [-0.1, -0.05) is 11.8 Å². The van der Waals surface area contributed by atoms with E-state index in [-0.39, 0.29) is 6.61 Å². The first-order valence-corrected chi connectivity index (χ1v) is 8.26. The van der Waals surface area contributed by atoms with E-state index in [1.807, 2.05) is 36.0 Å². The fourth-order valence-electron chi connectivity index (χ4n) is 2.37. The van der Waals surface area contributed by atoms with Crippen LogP contribution in [-0.2, 0) is 0 Å². The summed E-state index contributed by atoms with van der Waals surface area (Å²) in [6, 6.07) is 7.69. The molecule has 0 spiro atoms. The van der Waals surface area contributed by atoms with Gasteiger partial charge in [0.1, 0.15) is 19.0 Å². The van der Waals surface area contributed by atoms with Gasteiger partial charge >= 0.3 is 0 Å². The lowest BCUT2D eigenvalue weighted by Crippen LogP contribution is -2.44. The Morgan fingerprint density at radius 1 is 1.33 bits per heavy atom. The molecule has 1 saturated heterocycles. The molecule has 114 valence electrons. The van der Waals surface area contributed by atoms with Crippen LogP contribution in [0.25, 0.3) is 0 Å². The Morgan fingerprint density at radius 3 is 2.76 bits per heavy atom.